The molecule has 0 aromatic carbocycles. The van der Waals surface area contributed by atoms with Gasteiger partial charge in [0.2, 0.25) is 0 Å². The summed E-state index contributed by atoms with van der Waals surface area (Å²) in [4.78, 5) is 12.3. The third-order valence-corrected chi connectivity index (χ3v) is 2.44. The Bertz CT molecular complexity index is 265. The molecule has 17 heavy (non-hydrogen) atoms. The van der Waals surface area contributed by atoms with Gasteiger partial charge in [-0.25, -0.2) is 4.99 Å². The molecule has 0 bridgehead atoms. The molecule has 0 atom stereocenters. The van der Waals surface area contributed by atoms with Crippen molar-refractivity contribution >= 4 is 5.96 Å². The van der Waals surface area contributed by atoms with Crippen molar-refractivity contribution in [3.8, 4) is 0 Å². The number of hydrogen-bond donors (Lipinski definition) is 3. The zero-order valence-electron chi connectivity index (χ0n) is 9.79. The Balaban J connectivity index is 0.000000557. The minimum absolute atomic E-state index is 0.174. The van der Waals surface area contributed by atoms with Crippen LogP contribution in [0, 0.1) is 16.0 Å². The van der Waals surface area contributed by atoms with Crippen LogP contribution in [0.1, 0.15) is 32.1 Å². The van der Waals surface area contributed by atoms with Gasteiger partial charge < -0.3 is 16.7 Å². The molecule has 0 aromatic heterocycles. The maximum Gasteiger partial charge on any atom is 0.291 e. The molecule has 7 heteroatoms. The number of rotatable bonds is 3. The second-order valence-corrected chi connectivity index (χ2v) is 3.83. The summed E-state index contributed by atoms with van der Waals surface area (Å²) in [7, 11) is 0. The van der Waals surface area contributed by atoms with Crippen molar-refractivity contribution in [2.24, 2.45) is 22.4 Å². The minimum Gasteiger partial charge on any atom is -0.370 e. The monoisotopic (exact) mass is 244 g/mol. The second-order valence-electron chi connectivity index (χ2n) is 3.83. The highest BCUT2D eigenvalue weighted by atomic mass is 16.9. The van der Waals surface area contributed by atoms with Crippen LogP contribution in [-0.4, -0.2) is 22.8 Å². The van der Waals surface area contributed by atoms with Crippen molar-refractivity contribution in [3.63, 3.8) is 0 Å². The van der Waals surface area contributed by atoms with Crippen LogP contribution in [0.3, 0.4) is 0 Å². The van der Waals surface area contributed by atoms with Gasteiger partial charge >= 0.3 is 0 Å². The van der Waals surface area contributed by atoms with Crippen molar-refractivity contribution in [3.05, 3.63) is 22.3 Å². The molecular weight excluding hydrogens is 224 g/mol. The number of nitrogens with two attached hydrogens (primary N) is 2. The molecule has 0 radical (unpaired) electrons. The minimum atomic E-state index is -1.50. The normalized spacial score (nSPS) is 16.0. The van der Waals surface area contributed by atoms with E-state index in [4.69, 9.17) is 26.8 Å². The van der Waals surface area contributed by atoms with Gasteiger partial charge in [0.15, 0.2) is 5.96 Å². The fourth-order valence-electron chi connectivity index (χ4n) is 1.74. The van der Waals surface area contributed by atoms with E-state index in [2.05, 4.69) is 17.1 Å². The summed E-state index contributed by atoms with van der Waals surface area (Å²) < 4.78 is 0. The van der Waals surface area contributed by atoms with Crippen molar-refractivity contribution in [2.45, 2.75) is 32.1 Å². The first-order valence-corrected chi connectivity index (χ1v) is 5.57. The predicted octanol–water partition coefficient (Wildman–Crippen LogP) is 1.05. The Morgan fingerprint density at radius 1 is 1.41 bits per heavy atom. The Hall–Kier alpha value is -1.79. The van der Waals surface area contributed by atoms with Gasteiger partial charge in [0, 0.05) is 0 Å². The van der Waals surface area contributed by atoms with Crippen LogP contribution in [0.2, 0.25) is 0 Å². The first-order chi connectivity index (χ1) is 8.02. The topological polar surface area (TPSA) is 128 Å². The summed E-state index contributed by atoms with van der Waals surface area (Å²) in [6.45, 7) is 0.624. The third-order valence-electron chi connectivity index (χ3n) is 2.44. The van der Waals surface area contributed by atoms with Crippen molar-refractivity contribution in [1.29, 1.82) is 0 Å². The number of nitrogens with zero attached hydrogens (tertiary/aromatic N) is 2. The zero-order valence-corrected chi connectivity index (χ0v) is 9.79. The molecule has 0 amide bonds. The van der Waals surface area contributed by atoms with Crippen LogP contribution in [0.5, 0.6) is 0 Å². The van der Waals surface area contributed by atoms with Gasteiger partial charge in [-0.1, -0.05) is 31.4 Å². The molecule has 0 spiro atoms. The summed E-state index contributed by atoms with van der Waals surface area (Å²) in [6.07, 6.45) is 11.1. The lowest BCUT2D eigenvalue weighted by Gasteiger charge is -2.17. The first kappa shape index (κ1) is 15.2. The average molecular weight is 244 g/mol. The summed E-state index contributed by atoms with van der Waals surface area (Å²) >= 11 is 0. The van der Waals surface area contributed by atoms with Gasteiger partial charge in [-0.05, 0) is 18.8 Å². The molecule has 0 aliphatic heterocycles. The van der Waals surface area contributed by atoms with E-state index in [1.165, 1.54) is 32.1 Å². The van der Waals surface area contributed by atoms with Gasteiger partial charge in [-0.15, -0.1) is 10.1 Å². The van der Waals surface area contributed by atoms with Crippen LogP contribution in [0.15, 0.2) is 17.1 Å². The zero-order chi connectivity index (χ0) is 13.1. The van der Waals surface area contributed by atoms with Crippen molar-refractivity contribution in [2.75, 3.05) is 6.54 Å². The molecule has 98 valence electrons. The van der Waals surface area contributed by atoms with Crippen LogP contribution >= 0.6 is 0 Å². The molecular formula is C10H20N4O3. The summed E-state index contributed by atoms with van der Waals surface area (Å²) in [6, 6.07) is 0. The van der Waals surface area contributed by atoms with E-state index in [0.717, 1.165) is 5.92 Å². The molecule has 1 rings (SSSR count). The van der Waals surface area contributed by atoms with Crippen molar-refractivity contribution in [1.82, 2.24) is 0 Å². The van der Waals surface area contributed by atoms with Gasteiger partial charge in [-0.3, -0.25) is 0 Å². The summed E-state index contributed by atoms with van der Waals surface area (Å²) in [5, 5.41) is 13.6. The van der Waals surface area contributed by atoms with Gasteiger partial charge in [0.25, 0.3) is 5.09 Å². The molecule has 0 unspecified atom stereocenters. The summed E-state index contributed by atoms with van der Waals surface area (Å²) in [5.41, 5.74) is 10.4. The Labute approximate surface area is 100 Å². The lowest BCUT2D eigenvalue weighted by Crippen LogP contribution is -2.22. The van der Waals surface area contributed by atoms with E-state index in [1.807, 2.05) is 0 Å². The van der Waals surface area contributed by atoms with E-state index in [0.29, 0.717) is 6.54 Å². The van der Waals surface area contributed by atoms with Crippen LogP contribution in [-0.2, 0) is 0 Å². The fraction of sp³-hybridized carbons (Fsp3) is 0.700. The van der Waals surface area contributed by atoms with E-state index in [1.54, 1.807) is 0 Å². The van der Waals surface area contributed by atoms with Gasteiger partial charge in [-0.2, -0.15) is 0 Å². The molecule has 0 saturated heterocycles. The molecule has 1 fully saturated rings. The Morgan fingerprint density at radius 3 is 2.41 bits per heavy atom. The quantitative estimate of drug-likeness (QED) is 0.225. The maximum atomic E-state index is 8.36. The predicted molar refractivity (Wildman–Crippen MR) is 65.2 cm³/mol. The molecule has 1 saturated carbocycles. The highest BCUT2D eigenvalue weighted by Gasteiger charge is 2.08. The van der Waals surface area contributed by atoms with Crippen LogP contribution < -0.4 is 11.5 Å². The Kier molecular flexibility index (Phi) is 8.44. The molecule has 0 aromatic rings. The highest BCUT2D eigenvalue weighted by molar-refractivity contribution is 5.75. The highest BCUT2D eigenvalue weighted by Crippen LogP contribution is 2.24. The maximum absolute atomic E-state index is 8.36. The molecule has 5 N–H and O–H groups in total. The first-order valence-electron chi connectivity index (χ1n) is 5.57. The summed E-state index contributed by atoms with van der Waals surface area (Å²) in [5.74, 6) is 0.941. The van der Waals surface area contributed by atoms with Crippen LogP contribution in [0.25, 0.3) is 0 Å². The second kappa shape index (κ2) is 9.44. The van der Waals surface area contributed by atoms with E-state index in [9.17, 15) is 0 Å². The molecule has 7 nitrogen and oxygen atoms in total. The lowest BCUT2D eigenvalue weighted by atomic mass is 9.89. The van der Waals surface area contributed by atoms with Gasteiger partial charge in [0.1, 0.15) is 0 Å². The van der Waals surface area contributed by atoms with Gasteiger partial charge in [0.05, 0.1) is 6.54 Å². The van der Waals surface area contributed by atoms with E-state index >= 15 is 0 Å². The largest absolute Gasteiger partial charge is 0.370 e. The standard InChI is InChI=1S/C10H19N3.HNO3/c11-10(12)13-8-4-7-9-5-2-1-3-6-9;2-1(3)4/h4,7,9H,1-3,5-6,8H2,(H4,11,12,13);(H,2,3,4). The third kappa shape index (κ3) is 12.1. The van der Waals surface area contributed by atoms with E-state index in [-0.39, 0.29) is 5.96 Å². The SMILES string of the molecule is NC(N)=NCC=CC1CCCCC1.O=[N+]([O-])O. The Morgan fingerprint density at radius 2 is 1.94 bits per heavy atom. The number of guanidine groups is 1. The van der Waals surface area contributed by atoms with Crippen molar-refractivity contribution < 1.29 is 10.3 Å². The fourth-order valence-corrected chi connectivity index (χ4v) is 1.74. The number of aliphatic imine (C=N–C) groups is 1. The van der Waals surface area contributed by atoms with Crippen LogP contribution in [0.4, 0.5) is 0 Å². The lowest BCUT2D eigenvalue weighted by molar-refractivity contribution is -0.742. The average Bonchev–Trinajstić information content (AvgIpc) is 2.25. The molecule has 0 heterocycles. The molecule has 1 aliphatic rings. The smallest absolute Gasteiger partial charge is 0.291 e. The van der Waals surface area contributed by atoms with E-state index < -0.39 is 5.09 Å². The number of hydrogen-bond acceptors (Lipinski definition) is 3. The number of allylic oxidation sites excluding steroid dienone is 1. The molecule has 1 aliphatic carbocycles.